The van der Waals surface area contributed by atoms with Gasteiger partial charge in [0.1, 0.15) is 0 Å². The Bertz CT molecular complexity index is 876. The number of piperidine rings is 1. The summed E-state index contributed by atoms with van der Waals surface area (Å²) in [6.45, 7) is 1.89. The van der Waals surface area contributed by atoms with Gasteiger partial charge in [-0.25, -0.2) is 9.78 Å². The maximum atomic E-state index is 11.7. The van der Waals surface area contributed by atoms with Gasteiger partial charge in [0.25, 0.3) is 0 Å². The van der Waals surface area contributed by atoms with Crippen LogP contribution < -0.4 is 16.0 Å². The molecule has 1 aliphatic rings. The van der Waals surface area contributed by atoms with Crippen molar-refractivity contribution in [1.82, 2.24) is 20.6 Å². The van der Waals surface area contributed by atoms with Crippen molar-refractivity contribution in [3.05, 3.63) is 60.4 Å². The van der Waals surface area contributed by atoms with E-state index in [-0.39, 0.29) is 12.1 Å². The molecule has 1 fully saturated rings. The van der Waals surface area contributed by atoms with E-state index in [1.165, 1.54) is 0 Å². The third kappa shape index (κ3) is 5.56. The Morgan fingerprint density at radius 2 is 1.85 bits per heavy atom. The minimum absolute atomic E-state index is 0.188. The van der Waals surface area contributed by atoms with E-state index in [0.29, 0.717) is 11.3 Å². The summed E-state index contributed by atoms with van der Waals surface area (Å²) in [5, 5.41) is 17.6. The van der Waals surface area contributed by atoms with Crippen LogP contribution in [0.15, 0.2) is 54.9 Å². The van der Waals surface area contributed by atoms with Crippen molar-refractivity contribution in [2.75, 3.05) is 18.4 Å². The van der Waals surface area contributed by atoms with Crippen LogP contribution >= 0.6 is 0 Å². The van der Waals surface area contributed by atoms with E-state index in [1.807, 2.05) is 30.3 Å². The Morgan fingerprint density at radius 1 is 1.11 bits per heavy atom. The van der Waals surface area contributed by atoms with Crippen LogP contribution in [0, 0.1) is 11.3 Å². The molecule has 3 aromatic rings. The summed E-state index contributed by atoms with van der Waals surface area (Å²) in [4.78, 5) is 18.8. The Labute approximate surface area is 157 Å². The fourth-order valence-corrected chi connectivity index (χ4v) is 2.83. The number of hydrogen-bond donors (Lipinski definition) is 4. The van der Waals surface area contributed by atoms with Crippen LogP contribution in [-0.4, -0.2) is 35.1 Å². The zero-order valence-corrected chi connectivity index (χ0v) is 14.9. The number of aromatic amines is 1. The molecule has 7 heteroatoms. The fraction of sp³-hybridized carbons (Fsp3) is 0.250. The first-order valence-electron chi connectivity index (χ1n) is 8.91. The standard InChI is InChI=1S/C13H16N4O.C7H6N2/c14-9-10-1-3-11(4-2-10)16-13(18)17-12-5-7-15-8-6-12;1-2-4-7-6(3-1)8-5-9-7/h1-4,12,15H,5-8H2,(H2,16,17,18);1-5H,(H,8,9). The van der Waals surface area contributed by atoms with Crippen molar-refractivity contribution in [1.29, 1.82) is 5.26 Å². The van der Waals surface area contributed by atoms with E-state index in [4.69, 9.17) is 5.26 Å². The smallest absolute Gasteiger partial charge is 0.319 e. The number of para-hydroxylation sites is 2. The molecule has 0 bridgehead atoms. The third-order valence-electron chi connectivity index (χ3n) is 4.27. The number of amides is 2. The zero-order chi connectivity index (χ0) is 18.9. The molecular formula is C20H22N6O. The van der Waals surface area contributed by atoms with E-state index >= 15 is 0 Å². The van der Waals surface area contributed by atoms with E-state index in [9.17, 15) is 4.79 Å². The Kier molecular flexibility index (Phi) is 6.39. The van der Waals surface area contributed by atoms with Crippen molar-refractivity contribution in [3.8, 4) is 6.07 Å². The van der Waals surface area contributed by atoms with E-state index < -0.39 is 0 Å². The number of nitriles is 1. The van der Waals surface area contributed by atoms with Crippen molar-refractivity contribution in [3.63, 3.8) is 0 Å². The highest BCUT2D eigenvalue weighted by molar-refractivity contribution is 5.89. The number of nitrogens with zero attached hydrogens (tertiary/aromatic N) is 2. The van der Waals surface area contributed by atoms with E-state index in [1.54, 1.807) is 30.6 Å². The van der Waals surface area contributed by atoms with E-state index in [0.717, 1.165) is 37.0 Å². The summed E-state index contributed by atoms with van der Waals surface area (Å²) >= 11 is 0. The molecule has 7 nitrogen and oxygen atoms in total. The second-order valence-corrected chi connectivity index (χ2v) is 6.23. The monoisotopic (exact) mass is 362 g/mol. The number of anilines is 1. The molecule has 0 spiro atoms. The number of rotatable bonds is 2. The zero-order valence-electron chi connectivity index (χ0n) is 14.9. The number of carbonyl (C=O) groups is 1. The number of imidazole rings is 1. The predicted octanol–water partition coefficient (Wildman–Crippen LogP) is 2.99. The van der Waals surface area contributed by atoms with Gasteiger partial charge >= 0.3 is 6.03 Å². The number of urea groups is 1. The molecule has 4 rings (SSSR count). The number of hydrogen-bond acceptors (Lipinski definition) is 4. The largest absolute Gasteiger partial charge is 0.345 e. The molecule has 2 heterocycles. The van der Waals surface area contributed by atoms with Crippen molar-refractivity contribution >= 4 is 22.8 Å². The number of nitrogens with one attached hydrogen (secondary N) is 4. The van der Waals surface area contributed by atoms with Gasteiger partial charge in [-0.1, -0.05) is 12.1 Å². The average molecular weight is 362 g/mol. The Morgan fingerprint density at radius 3 is 2.56 bits per heavy atom. The number of aromatic nitrogens is 2. The normalized spacial score (nSPS) is 13.9. The number of fused-ring (bicyclic) bond motifs is 1. The second kappa shape index (κ2) is 9.36. The average Bonchev–Trinajstić information content (AvgIpc) is 3.19. The molecule has 1 aromatic heterocycles. The first kappa shape index (κ1) is 18.4. The molecule has 2 aromatic carbocycles. The lowest BCUT2D eigenvalue weighted by molar-refractivity contribution is 0.245. The highest BCUT2D eigenvalue weighted by Gasteiger charge is 2.15. The van der Waals surface area contributed by atoms with Gasteiger partial charge in [0.2, 0.25) is 0 Å². The Hall–Kier alpha value is -3.37. The topological polar surface area (TPSA) is 106 Å². The molecule has 0 radical (unpaired) electrons. The summed E-state index contributed by atoms with van der Waals surface area (Å²) in [6, 6.07) is 16.8. The summed E-state index contributed by atoms with van der Waals surface area (Å²) in [5.74, 6) is 0. The minimum atomic E-state index is -0.188. The highest BCUT2D eigenvalue weighted by atomic mass is 16.2. The van der Waals surface area contributed by atoms with Crippen molar-refractivity contribution in [2.45, 2.75) is 18.9 Å². The van der Waals surface area contributed by atoms with Crippen LogP contribution in [0.1, 0.15) is 18.4 Å². The number of H-pyrrole nitrogens is 1. The number of benzene rings is 2. The summed E-state index contributed by atoms with van der Waals surface area (Å²) in [5.41, 5.74) is 3.40. The molecule has 138 valence electrons. The molecule has 0 unspecified atom stereocenters. The summed E-state index contributed by atoms with van der Waals surface area (Å²) < 4.78 is 0. The van der Waals surface area contributed by atoms with E-state index in [2.05, 4.69) is 25.9 Å². The van der Waals surface area contributed by atoms with Crippen LogP contribution in [0.3, 0.4) is 0 Å². The summed E-state index contributed by atoms with van der Waals surface area (Å²) in [7, 11) is 0. The van der Waals surface area contributed by atoms with Crippen molar-refractivity contribution < 1.29 is 4.79 Å². The molecule has 4 N–H and O–H groups in total. The first-order chi connectivity index (χ1) is 13.2. The predicted molar refractivity (Wildman–Crippen MR) is 105 cm³/mol. The molecule has 1 aliphatic heterocycles. The molecular weight excluding hydrogens is 340 g/mol. The quantitative estimate of drug-likeness (QED) is 0.562. The van der Waals surface area contributed by atoms with Gasteiger partial charge in [-0.05, 0) is 62.3 Å². The maximum Gasteiger partial charge on any atom is 0.319 e. The van der Waals surface area contributed by atoms with Gasteiger partial charge in [-0.15, -0.1) is 0 Å². The van der Waals surface area contributed by atoms with Gasteiger partial charge in [0.05, 0.1) is 29.0 Å². The molecule has 1 saturated heterocycles. The van der Waals surface area contributed by atoms with Gasteiger partial charge in [0, 0.05) is 11.7 Å². The lowest BCUT2D eigenvalue weighted by atomic mass is 10.1. The lowest BCUT2D eigenvalue weighted by Crippen LogP contribution is -2.44. The SMILES string of the molecule is N#Cc1ccc(NC(=O)NC2CCNCC2)cc1.c1ccc2[nH]cnc2c1. The molecule has 2 amide bonds. The van der Waals surface area contributed by atoms with Crippen LogP contribution in [-0.2, 0) is 0 Å². The van der Waals surface area contributed by atoms with Crippen LogP contribution in [0.2, 0.25) is 0 Å². The van der Waals surface area contributed by atoms with Gasteiger partial charge < -0.3 is 20.9 Å². The van der Waals surface area contributed by atoms with Gasteiger partial charge in [0.15, 0.2) is 0 Å². The van der Waals surface area contributed by atoms with Crippen LogP contribution in [0.4, 0.5) is 10.5 Å². The molecule has 0 aliphatic carbocycles. The lowest BCUT2D eigenvalue weighted by Gasteiger charge is -2.23. The van der Waals surface area contributed by atoms with Crippen molar-refractivity contribution in [2.24, 2.45) is 0 Å². The van der Waals surface area contributed by atoms with Gasteiger partial charge in [-0.3, -0.25) is 0 Å². The minimum Gasteiger partial charge on any atom is -0.345 e. The molecule has 0 saturated carbocycles. The van der Waals surface area contributed by atoms with Gasteiger partial charge in [-0.2, -0.15) is 5.26 Å². The third-order valence-corrected chi connectivity index (χ3v) is 4.27. The van der Waals surface area contributed by atoms with Crippen LogP contribution in [0.25, 0.3) is 11.0 Å². The van der Waals surface area contributed by atoms with Crippen LogP contribution in [0.5, 0.6) is 0 Å². The molecule has 27 heavy (non-hydrogen) atoms. The first-order valence-corrected chi connectivity index (χ1v) is 8.91. The molecule has 0 atom stereocenters. The maximum absolute atomic E-state index is 11.7. The number of carbonyl (C=O) groups excluding carboxylic acids is 1. The fourth-order valence-electron chi connectivity index (χ4n) is 2.83. The summed E-state index contributed by atoms with van der Waals surface area (Å²) in [6.07, 6.45) is 3.62. The Balaban J connectivity index is 0.000000193. The second-order valence-electron chi connectivity index (χ2n) is 6.23. The highest BCUT2D eigenvalue weighted by Crippen LogP contribution is 2.09.